The molecule has 0 aromatic carbocycles. The van der Waals surface area contributed by atoms with E-state index in [1.165, 1.54) is 11.3 Å². The number of carboxylic acid groups (broad SMARTS) is 1. The molecule has 2 fully saturated rings. The van der Waals surface area contributed by atoms with Crippen molar-refractivity contribution in [3.63, 3.8) is 0 Å². The molecule has 1 aliphatic heterocycles. The van der Waals surface area contributed by atoms with Gasteiger partial charge in [-0.2, -0.15) is 0 Å². The lowest BCUT2D eigenvalue weighted by Crippen LogP contribution is -2.36. The summed E-state index contributed by atoms with van der Waals surface area (Å²) in [5.74, 6) is 0.616. The third-order valence-corrected chi connectivity index (χ3v) is 3.61. The van der Waals surface area contributed by atoms with Crippen molar-refractivity contribution in [1.29, 1.82) is 0 Å². The van der Waals surface area contributed by atoms with Crippen molar-refractivity contribution in [2.75, 3.05) is 13.1 Å². The molecule has 1 unspecified atom stereocenters. The van der Waals surface area contributed by atoms with Crippen molar-refractivity contribution < 1.29 is 15.0 Å². The van der Waals surface area contributed by atoms with Gasteiger partial charge in [-0.25, -0.2) is 4.79 Å². The summed E-state index contributed by atoms with van der Waals surface area (Å²) < 4.78 is 0. The normalized spacial score (nSPS) is 30.1. The van der Waals surface area contributed by atoms with E-state index < -0.39 is 6.09 Å². The SMILES string of the molecule is O=C(O)N1CC[C@H](C(O)C2CCC2)C1. The molecule has 2 N–H and O–H groups in total. The van der Waals surface area contributed by atoms with Gasteiger partial charge >= 0.3 is 6.09 Å². The van der Waals surface area contributed by atoms with Crippen molar-refractivity contribution in [2.24, 2.45) is 11.8 Å². The predicted octanol–water partition coefficient (Wildman–Crippen LogP) is 1.15. The number of hydrogen-bond donors (Lipinski definition) is 2. The summed E-state index contributed by atoms with van der Waals surface area (Å²) in [5.41, 5.74) is 0. The molecule has 1 amide bonds. The van der Waals surface area contributed by atoms with Crippen molar-refractivity contribution >= 4 is 6.09 Å². The second kappa shape index (κ2) is 3.77. The smallest absolute Gasteiger partial charge is 0.407 e. The zero-order valence-electron chi connectivity index (χ0n) is 8.22. The average Bonchev–Trinajstić information content (AvgIpc) is 2.48. The van der Waals surface area contributed by atoms with Crippen molar-refractivity contribution in [1.82, 2.24) is 4.90 Å². The molecule has 0 aromatic heterocycles. The first-order valence-electron chi connectivity index (χ1n) is 5.34. The first kappa shape index (κ1) is 9.77. The Morgan fingerprint density at radius 3 is 2.43 bits per heavy atom. The van der Waals surface area contributed by atoms with E-state index in [2.05, 4.69) is 0 Å². The highest BCUT2D eigenvalue weighted by Gasteiger charge is 2.36. The number of nitrogens with zero attached hydrogens (tertiary/aromatic N) is 1. The zero-order valence-corrected chi connectivity index (χ0v) is 8.22. The number of rotatable bonds is 2. The number of carbonyl (C=O) groups is 1. The number of hydrogen-bond acceptors (Lipinski definition) is 2. The van der Waals surface area contributed by atoms with Crippen molar-refractivity contribution in [3.05, 3.63) is 0 Å². The fourth-order valence-electron chi connectivity index (χ4n) is 2.41. The van der Waals surface area contributed by atoms with Gasteiger partial charge in [0.1, 0.15) is 0 Å². The lowest BCUT2D eigenvalue weighted by atomic mass is 9.76. The number of amides is 1. The fraction of sp³-hybridized carbons (Fsp3) is 0.900. The van der Waals surface area contributed by atoms with E-state index in [0.717, 1.165) is 19.3 Å². The van der Waals surface area contributed by atoms with E-state index in [1.807, 2.05) is 0 Å². The van der Waals surface area contributed by atoms with Gasteiger partial charge in [-0.3, -0.25) is 0 Å². The van der Waals surface area contributed by atoms with Crippen LogP contribution >= 0.6 is 0 Å². The minimum Gasteiger partial charge on any atom is -0.465 e. The highest BCUT2D eigenvalue weighted by molar-refractivity contribution is 5.65. The van der Waals surface area contributed by atoms with Crippen LogP contribution in [0, 0.1) is 11.8 Å². The highest BCUT2D eigenvalue weighted by Crippen LogP contribution is 2.35. The molecular weight excluding hydrogens is 182 g/mol. The van der Waals surface area contributed by atoms with Gasteiger partial charge in [0.2, 0.25) is 0 Å². The summed E-state index contributed by atoms with van der Waals surface area (Å²) in [4.78, 5) is 12.1. The van der Waals surface area contributed by atoms with E-state index in [1.54, 1.807) is 0 Å². The Balaban J connectivity index is 1.84. The standard InChI is InChI=1S/C10H17NO3/c12-9(7-2-1-3-7)8-4-5-11(6-8)10(13)14/h7-9,12H,1-6H2,(H,13,14)/t8-,9?/m0/s1. The van der Waals surface area contributed by atoms with Crippen molar-refractivity contribution in [3.8, 4) is 0 Å². The van der Waals surface area contributed by atoms with Crippen LogP contribution in [0.25, 0.3) is 0 Å². The molecule has 2 atom stereocenters. The van der Waals surface area contributed by atoms with Gasteiger partial charge in [0.15, 0.2) is 0 Å². The lowest BCUT2D eigenvalue weighted by molar-refractivity contribution is 0.0183. The van der Waals surface area contributed by atoms with Crippen molar-refractivity contribution in [2.45, 2.75) is 31.8 Å². The molecule has 1 aliphatic carbocycles. The minimum atomic E-state index is -0.853. The molecule has 2 rings (SSSR count). The van der Waals surface area contributed by atoms with Gasteiger partial charge < -0.3 is 15.1 Å². The van der Waals surface area contributed by atoms with Gasteiger partial charge in [-0.15, -0.1) is 0 Å². The second-order valence-electron chi connectivity index (χ2n) is 4.46. The maximum atomic E-state index is 10.7. The van der Waals surface area contributed by atoms with E-state index >= 15 is 0 Å². The van der Waals surface area contributed by atoms with E-state index in [0.29, 0.717) is 19.0 Å². The van der Waals surface area contributed by atoms with Gasteiger partial charge in [0.25, 0.3) is 0 Å². The summed E-state index contributed by atoms with van der Waals surface area (Å²) in [6.07, 6.45) is 3.15. The van der Waals surface area contributed by atoms with Crippen LogP contribution in [0.4, 0.5) is 4.79 Å². The Bertz CT molecular complexity index is 227. The first-order valence-corrected chi connectivity index (χ1v) is 5.34. The van der Waals surface area contributed by atoms with Gasteiger partial charge in [0, 0.05) is 19.0 Å². The molecule has 14 heavy (non-hydrogen) atoms. The maximum Gasteiger partial charge on any atom is 0.407 e. The summed E-state index contributed by atoms with van der Waals surface area (Å²) in [6, 6.07) is 0. The molecule has 2 aliphatic rings. The van der Waals surface area contributed by atoms with Crippen LogP contribution in [-0.2, 0) is 0 Å². The molecule has 1 heterocycles. The van der Waals surface area contributed by atoms with Crippen LogP contribution in [0.3, 0.4) is 0 Å². The topological polar surface area (TPSA) is 60.8 Å². The largest absolute Gasteiger partial charge is 0.465 e. The van der Waals surface area contributed by atoms with Crippen LogP contribution in [0.2, 0.25) is 0 Å². The van der Waals surface area contributed by atoms with E-state index in [4.69, 9.17) is 5.11 Å². The third kappa shape index (κ3) is 1.71. The Morgan fingerprint density at radius 2 is 2.00 bits per heavy atom. The first-order chi connectivity index (χ1) is 6.68. The second-order valence-corrected chi connectivity index (χ2v) is 4.46. The Morgan fingerprint density at radius 1 is 1.29 bits per heavy atom. The average molecular weight is 199 g/mol. The zero-order chi connectivity index (χ0) is 10.1. The predicted molar refractivity (Wildman–Crippen MR) is 51.1 cm³/mol. The Kier molecular flexibility index (Phi) is 2.63. The molecule has 0 spiro atoms. The van der Waals surface area contributed by atoms with Crippen LogP contribution in [-0.4, -0.2) is 40.4 Å². The quantitative estimate of drug-likeness (QED) is 0.701. The van der Waals surface area contributed by atoms with Crippen LogP contribution in [0.1, 0.15) is 25.7 Å². The molecule has 0 bridgehead atoms. The van der Waals surface area contributed by atoms with Crippen LogP contribution in [0.5, 0.6) is 0 Å². The highest BCUT2D eigenvalue weighted by atomic mass is 16.4. The van der Waals surface area contributed by atoms with E-state index in [-0.39, 0.29) is 12.0 Å². The molecule has 4 heteroatoms. The van der Waals surface area contributed by atoms with E-state index in [9.17, 15) is 9.90 Å². The monoisotopic (exact) mass is 199 g/mol. The molecule has 1 saturated heterocycles. The Labute approximate surface area is 83.5 Å². The van der Waals surface area contributed by atoms with Gasteiger partial charge in [0.05, 0.1) is 6.10 Å². The fourth-order valence-corrected chi connectivity index (χ4v) is 2.41. The number of aliphatic hydroxyl groups excluding tert-OH is 1. The summed E-state index contributed by atoms with van der Waals surface area (Å²) >= 11 is 0. The summed E-state index contributed by atoms with van der Waals surface area (Å²) in [6.45, 7) is 1.11. The molecule has 80 valence electrons. The maximum absolute atomic E-state index is 10.7. The summed E-state index contributed by atoms with van der Waals surface area (Å²) in [7, 11) is 0. The molecule has 0 radical (unpaired) electrons. The Hall–Kier alpha value is -0.770. The molecule has 4 nitrogen and oxygen atoms in total. The van der Waals surface area contributed by atoms with Gasteiger partial charge in [-0.05, 0) is 25.2 Å². The molecule has 0 aromatic rings. The number of aliphatic hydroxyl groups is 1. The molecular formula is C10H17NO3. The van der Waals surface area contributed by atoms with Gasteiger partial charge in [-0.1, -0.05) is 6.42 Å². The number of likely N-dealkylation sites (tertiary alicyclic amines) is 1. The lowest BCUT2D eigenvalue weighted by Gasteiger charge is -2.33. The third-order valence-electron chi connectivity index (χ3n) is 3.61. The van der Waals surface area contributed by atoms with Crippen LogP contribution < -0.4 is 0 Å². The molecule has 1 saturated carbocycles. The van der Waals surface area contributed by atoms with Crippen LogP contribution in [0.15, 0.2) is 0 Å². The minimum absolute atomic E-state index is 0.177. The summed E-state index contributed by atoms with van der Waals surface area (Å²) in [5, 5.41) is 18.7.